The average molecular weight is 307 g/mol. The zero-order valence-corrected chi connectivity index (χ0v) is 11.4. The molecular weight excluding hydrogens is 293 g/mol. The molecule has 0 saturated carbocycles. The Morgan fingerprint density at radius 3 is 2.81 bits per heavy atom. The molecule has 6 heteroatoms. The number of primary amides is 1. The lowest BCUT2D eigenvalue weighted by Gasteiger charge is -2.21. The number of hydrogen-bond donors (Lipinski definition) is 2. The summed E-state index contributed by atoms with van der Waals surface area (Å²) in [5, 5.41) is 3.59. The topological polar surface area (TPSA) is 68.0 Å². The van der Waals surface area contributed by atoms with Crippen molar-refractivity contribution >= 4 is 39.3 Å². The maximum absolute atomic E-state index is 11.1. The lowest BCUT2D eigenvalue weighted by Crippen LogP contribution is -2.37. The van der Waals surface area contributed by atoms with Crippen LogP contribution in [0.3, 0.4) is 0 Å². The molecule has 0 aromatic carbocycles. The molecule has 0 spiro atoms. The van der Waals surface area contributed by atoms with Crippen LogP contribution in [0.25, 0.3) is 0 Å². The summed E-state index contributed by atoms with van der Waals surface area (Å²) in [5.41, 5.74) is 4.64. The van der Waals surface area contributed by atoms with E-state index in [-0.39, 0.29) is 5.91 Å². The molecule has 4 nitrogen and oxygen atoms in total. The van der Waals surface area contributed by atoms with Gasteiger partial charge >= 0.3 is 0 Å². The van der Waals surface area contributed by atoms with Gasteiger partial charge in [-0.2, -0.15) is 0 Å². The molecule has 0 aliphatic rings. The van der Waals surface area contributed by atoms with Gasteiger partial charge in [0, 0.05) is 12.7 Å². The number of nitrogens with zero attached hydrogens (tertiary/aromatic N) is 1. The Bertz CT molecular complexity index is 409. The Labute approximate surface area is 108 Å². The molecule has 88 valence electrons. The first-order valence-electron chi connectivity index (χ1n) is 4.68. The minimum absolute atomic E-state index is 0.356. The van der Waals surface area contributed by atoms with Crippen LogP contribution in [0.15, 0.2) is 16.7 Å². The minimum atomic E-state index is -0.624. The van der Waals surface area contributed by atoms with Crippen molar-refractivity contribution in [2.45, 2.75) is 13.8 Å². The largest absolute Gasteiger partial charge is 0.369 e. The van der Waals surface area contributed by atoms with Crippen LogP contribution < -0.4 is 11.1 Å². The minimum Gasteiger partial charge on any atom is -0.369 e. The van der Waals surface area contributed by atoms with Crippen molar-refractivity contribution in [2.24, 2.45) is 11.1 Å². The van der Waals surface area contributed by atoms with Crippen LogP contribution in [0, 0.1) is 5.41 Å². The van der Waals surface area contributed by atoms with Crippen molar-refractivity contribution in [3.63, 3.8) is 0 Å². The van der Waals surface area contributed by atoms with Crippen molar-refractivity contribution in [3.8, 4) is 0 Å². The molecule has 1 amide bonds. The van der Waals surface area contributed by atoms with Crippen molar-refractivity contribution in [2.75, 3.05) is 11.9 Å². The molecule has 0 fully saturated rings. The summed E-state index contributed by atoms with van der Waals surface area (Å²) in [6, 6.07) is 1.73. The van der Waals surface area contributed by atoms with E-state index in [0.29, 0.717) is 17.4 Å². The van der Waals surface area contributed by atoms with Gasteiger partial charge in [0.15, 0.2) is 0 Å². The number of halogens is 2. The van der Waals surface area contributed by atoms with Crippen LogP contribution in [-0.4, -0.2) is 17.4 Å². The van der Waals surface area contributed by atoms with Gasteiger partial charge in [0.25, 0.3) is 0 Å². The van der Waals surface area contributed by atoms with E-state index < -0.39 is 5.41 Å². The van der Waals surface area contributed by atoms with Crippen LogP contribution in [0.4, 0.5) is 5.82 Å². The number of aromatic nitrogens is 1. The maximum atomic E-state index is 11.1. The van der Waals surface area contributed by atoms with Gasteiger partial charge in [0.05, 0.1) is 14.9 Å². The summed E-state index contributed by atoms with van der Waals surface area (Å²) in [4.78, 5) is 15.2. The highest BCUT2D eigenvalue weighted by Gasteiger charge is 2.24. The summed E-state index contributed by atoms with van der Waals surface area (Å²) >= 11 is 9.09. The number of carbonyl (C=O) groups excluding carboxylic acids is 1. The van der Waals surface area contributed by atoms with E-state index in [0.717, 1.165) is 4.47 Å². The Morgan fingerprint density at radius 1 is 1.69 bits per heavy atom. The Kier molecular flexibility index (Phi) is 4.15. The molecule has 0 bridgehead atoms. The van der Waals surface area contributed by atoms with Gasteiger partial charge in [-0.05, 0) is 35.8 Å². The molecular formula is C10H13BrClN3O. The van der Waals surface area contributed by atoms with E-state index in [1.165, 1.54) is 6.20 Å². The smallest absolute Gasteiger partial charge is 0.224 e. The van der Waals surface area contributed by atoms with E-state index >= 15 is 0 Å². The summed E-state index contributed by atoms with van der Waals surface area (Å²) < 4.78 is 0.750. The second kappa shape index (κ2) is 5.01. The van der Waals surface area contributed by atoms with Crippen LogP contribution in [-0.2, 0) is 4.79 Å². The maximum Gasteiger partial charge on any atom is 0.224 e. The molecule has 0 aliphatic heterocycles. The van der Waals surface area contributed by atoms with E-state index in [1.807, 2.05) is 0 Å². The molecule has 16 heavy (non-hydrogen) atoms. The van der Waals surface area contributed by atoms with Crippen LogP contribution in [0.1, 0.15) is 13.8 Å². The number of nitrogens with one attached hydrogen (secondary N) is 1. The van der Waals surface area contributed by atoms with Gasteiger partial charge in [0.2, 0.25) is 5.91 Å². The molecule has 0 aliphatic carbocycles. The van der Waals surface area contributed by atoms with Crippen LogP contribution in [0.5, 0.6) is 0 Å². The van der Waals surface area contributed by atoms with Crippen molar-refractivity contribution in [1.29, 1.82) is 0 Å². The summed E-state index contributed by atoms with van der Waals surface area (Å²) in [6.45, 7) is 3.95. The van der Waals surface area contributed by atoms with Gasteiger partial charge in [-0.3, -0.25) is 4.79 Å². The molecule has 1 aromatic rings. The highest BCUT2D eigenvalue weighted by atomic mass is 79.9. The fraction of sp³-hybridized carbons (Fsp3) is 0.400. The van der Waals surface area contributed by atoms with Crippen molar-refractivity contribution in [1.82, 2.24) is 4.98 Å². The summed E-state index contributed by atoms with van der Waals surface area (Å²) in [6.07, 6.45) is 1.53. The third kappa shape index (κ3) is 3.35. The first-order valence-corrected chi connectivity index (χ1v) is 5.85. The van der Waals surface area contributed by atoms with Crippen LogP contribution in [0.2, 0.25) is 5.02 Å². The van der Waals surface area contributed by atoms with Crippen molar-refractivity contribution < 1.29 is 4.79 Å². The summed E-state index contributed by atoms with van der Waals surface area (Å²) in [5.74, 6) is 0.281. The molecule has 0 unspecified atom stereocenters. The van der Waals surface area contributed by atoms with Gasteiger partial charge in [-0.1, -0.05) is 11.6 Å². The van der Waals surface area contributed by atoms with E-state index in [4.69, 9.17) is 17.3 Å². The first-order chi connectivity index (χ1) is 7.33. The Morgan fingerprint density at radius 2 is 2.31 bits per heavy atom. The normalized spacial score (nSPS) is 11.2. The molecule has 1 aromatic heterocycles. The number of anilines is 1. The third-order valence-corrected chi connectivity index (χ3v) is 2.98. The Hall–Kier alpha value is -0.810. The van der Waals surface area contributed by atoms with Crippen LogP contribution >= 0.6 is 27.5 Å². The summed E-state index contributed by atoms with van der Waals surface area (Å²) in [7, 11) is 0. The Balaban J connectivity index is 2.72. The zero-order valence-electron chi connectivity index (χ0n) is 9.05. The number of hydrogen-bond acceptors (Lipinski definition) is 3. The highest BCUT2D eigenvalue weighted by molar-refractivity contribution is 9.10. The lowest BCUT2D eigenvalue weighted by molar-refractivity contribution is -0.125. The van der Waals surface area contributed by atoms with E-state index in [9.17, 15) is 4.79 Å². The average Bonchev–Trinajstić information content (AvgIpc) is 2.16. The van der Waals surface area contributed by atoms with E-state index in [2.05, 4.69) is 26.2 Å². The number of rotatable bonds is 4. The third-order valence-electron chi connectivity index (χ3n) is 2.17. The number of amides is 1. The standard InChI is InChI=1S/C10H13BrClN3O/c1-10(2,9(13)16)5-15-8-7(11)3-6(12)4-14-8/h3-4H,5H2,1-2H3,(H2,13,16)(H,14,15). The molecule has 1 heterocycles. The second-order valence-corrected chi connectivity index (χ2v) is 5.38. The number of carbonyl (C=O) groups is 1. The lowest BCUT2D eigenvalue weighted by atomic mass is 9.93. The molecule has 0 saturated heterocycles. The van der Waals surface area contributed by atoms with Gasteiger partial charge in [0.1, 0.15) is 5.82 Å². The zero-order chi connectivity index (χ0) is 12.3. The molecule has 3 N–H and O–H groups in total. The second-order valence-electron chi connectivity index (χ2n) is 4.09. The quantitative estimate of drug-likeness (QED) is 0.897. The highest BCUT2D eigenvalue weighted by Crippen LogP contribution is 2.24. The number of pyridine rings is 1. The fourth-order valence-corrected chi connectivity index (χ4v) is 1.72. The first kappa shape index (κ1) is 13.3. The molecule has 0 radical (unpaired) electrons. The molecule has 1 rings (SSSR count). The predicted molar refractivity (Wildman–Crippen MR) is 68.4 cm³/mol. The van der Waals surface area contributed by atoms with Crippen molar-refractivity contribution in [3.05, 3.63) is 21.8 Å². The SMILES string of the molecule is CC(C)(CNc1ncc(Cl)cc1Br)C(N)=O. The monoisotopic (exact) mass is 305 g/mol. The van der Waals surface area contributed by atoms with Gasteiger partial charge in [-0.15, -0.1) is 0 Å². The predicted octanol–water partition coefficient (Wildman–Crippen LogP) is 2.42. The fourth-order valence-electron chi connectivity index (χ4n) is 0.936. The number of nitrogens with two attached hydrogens (primary N) is 1. The molecule has 0 atom stereocenters. The van der Waals surface area contributed by atoms with E-state index in [1.54, 1.807) is 19.9 Å². The van der Waals surface area contributed by atoms with Gasteiger partial charge in [-0.25, -0.2) is 4.98 Å². The van der Waals surface area contributed by atoms with Gasteiger partial charge < -0.3 is 11.1 Å².